The fraction of sp³-hybridized carbons (Fsp3) is 0.333. The minimum absolute atomic E-state index is 0.0599. The minimum Gasteiger partial charge on any atom is -0.506 e. The summed E-state index contributed by atoms with van der Waals surface area (Å²) in [5.41, 5.74) is 1.09. The molecule has 0 amide bonds. The van der Waals surface area contributed by atoms with E-state index in [2.05, 4.69) is 15.9 Å². The molecule has 4 heteroatoms. The second-order valence-corrected chi connectivity index (χ2v) is 3.59. The normalized spacial score (nSPS) is 10.2. The highest BCUT2D eigenvalue weighted by molar-refractivity contribution is 9.10. The lowest BCUT2D eigenvalue weighted by Crippen LogP contribution is -1.92. The summed E-state index contributed by atoms with van der Waals surface area (Å²) in [7, 11) is 1.45. The number of rotatable bonds is 1. The lowest BCUT2D eigenvalue weighted by Gasteiger charge is -2.13. The van der Waals surface area contributed by atoms with Crippen LogP contribution in [0.2, 0.25) is 0 Å². The third kappa shape index (κ3) is 1.46. The van der Waals surface area contributed by atoms with E-state index in [4.69, 9.17) is 4.74 Å². The Hall–Kier alpha value is -0.900. The number of benzene rings is 1. The Labute approximate surface area is 85.1 Å². The Morgan fingerprint density at radius 3 is 2.08 bits per heavy atom. The maximum absolute atomic E-state index is 9.62. The molecule has 2 N–H and O–H groups in total. The lowest BCUT2D eigenvalue weighted by atomic mass is 10.1. The molecule has 0 saturated heterocycles. The predicted octanol–water partition coefficient (Wildman–Crippen LogP) is 2.49. The van der Waals surface area contributed by atoms with Crippen LogP contribution >= 0.6 is 15.9 Å². The third-order valence-electron chi connectivity index (χ3n) is 2.01. The van der Waals surface area contributed by atoms with Crippen molar-refractivity contribution in [2.24, 2.45) is 0 Å². The van der Waals surface area contributed by atoms with Crippen LogP contribution in [0.15, 0.2) is 4.47 Å². The Morgan fingerprint density at radius 2 is 1.62 bits per heavy atom. The van der Waals surface area contributed by atoms with Crippen LogP contribution in [0.3, 0.4) is 0 Å². The van der Waals surface area contributed by atoms with Gasteiger partial charge in [0.2, 0.25) is 0 Å². The molecule has 0 heterocycles. The van der Waals surface area contributed by atoms with Crippen molar-refractivity contribution in [3.8, 4) is 17.2 Å². The number of hydrogen-bond acceptors (Lipinski definition) is 3. The molecule has 0 aliphatic heterocycles. The van der Waals surface area contributed by atoms with Crippen molar-refractivity contribution in [1.29, 1.82) is 0 Å². The fourth-order valence-electron chi connectivity index (χ4n) is 1.15. The van der Waals surface area contributed by atoms with Gasteiger partial charge in [0.1, 0.15) is 5.75 Å². The van der Waals surface area contributed by atoms with Gasteiger partial charge in [0.15, 0.2) is 11.5 Å². The molecule has 1 aromatic rings. The monoisotopic (exact) mass is 246 g/mol. The van der Waals surface area contributed by atoms with Crippen molar-refractivity contribution in [2.45, 2.75) is 13.8 Å². The van der Waals surface area contributed by atoms with Crippen molar-refractivity contribution in [3.05, 3.63) is 15.6 Å². The number of phenols is 2. The molecule has 0 unspecified atom stereocenters. The van der Waals surface area contributed by atoms with Crippen LogP contribution in [-0.4, -0.2) is 17.3 Å². The SMILES string of the molecule is COc1c(C)c(O)c(Br)c(C)c1O. The van der Waals surface area contributed by atoms with Gasteiger partial charge >= 0.3 is 0 Å². The molecule has 0 aliphatic carbocycles. The maximum atomic E-state index is 9.62. The summed E-state index contributed by atoms with van der Waals surface area (Å²) in [4.78, 5) is 0. The zero-order valence-corrected chi connectivity index (χ0v) is 9.27. The largest absolute Gasteiger partial charge is 0.506 e. The average molecular weight is 247 g/mol. The third-order valence-corrected chi connectivity index (χ3v) is 2.98. The van der Waals surface area contributed by atoms with Crippen LogP contribution in [0.25, 0.3) is 0 Å². The van der Waals surface area contributed by atoms with Crippen molar-refractivity contribution in [2.75, 3.05) is 7.11 Å². The molecule has 0 fully saturated rings. The van der Waals surface area contributed by atoms with Crippen LogP contribution in [-0.2, 0) is 0 Å². The van der Waals surface area contributed by atoms with E-state index in [1.807, 2.05) is 0 Å². The molecule has 1 rings (SSSR count). The summed E-state index contributed by atoms with van der Waals surface area (Å²) in [6, 6.07) is 0. The van der Waals surface area contributed by atoms with Gasteiger partial charge in [-0.25, -0.2) is 0 Å². The van der Waals surface area contributed by atoms with E-state index in [9.17, 15) is 10.2 Å². The lowest BCUT2D eigenvalue weighted by molar-refractivity contribution is 0.362. The molecule has 1 aromatic carbocycles. The number of aromatic hydroxyl groups is 2. The molecule has 0 spiro atoms. The van der Waals surface area contributed by atoms with Crippen LogP contribution < -0.4 is 4.74 Å². The number of hydrogen-bond donors (Lipinski definition) is 2. The van der Waals surface area contributed by atoms with Gasteiger partial charge in [-0.05, 0) is 29.8 Å². The van der Waals surface area contributed by atoms with Gasteiger partial charge in [-0.1, -0.05) is 0 Å². The van der Waals surface area contributed by atoms with Crippen LogP contribution in [0.5, 0.6) is 17.2 Å². The zero-order chi connectivity index (χ0) is 10.2. The van der Waals surface area contributed by atoms with E-state index in [-0.39, 0.29) is 11.5 Å². The zero-order valence-electron chi connectivity index (χ0n) is 7.68. The highest BCUT2D eigenvalue weighted by Gasteiger charge is 2.17. The molecule has 0 atom stereocenters. The van der Waals surface area contributed by atoms with Gasteiger partial charge in [0, 0.05) is 11.1 Å². The number of methoxy groups -OCH3 is 1. The summed E-state index contributed by atoms with van der Waals surface area (Å²) < 4.78 is 5.46. The van der Waals surface area contributed by atoms with E-state index < -0.39 is 0 Å². The first kappa shape index (κ1) is 10.2. The van der Waals surface area contributed by atoms with Crippen molar-refractivity contribution in [1.82, 2.24) is 0 Å². The average Bonchev–Trinajstić information content (AvgIpc) is 2.13. The Kier molecular flexibility index (Phi) is 2.71. The van der Waals surface area contributed by atoms with Gasteiger partial charge in [0.25, 0.3) is 0 Å². The Balaban J connectivity index is 3.56. The number of halogens is 1. The summed E-state index contributed by atoms with van der Waals surface area (Å²) in [6.07, 6.45) is 0. The molecule has 3 nitrogen and oxygen atoms in total. The topological polar surface area (TPSA) is 49.7 Å². The Bertz CT molecular complexity index is 318. The molecule has 0 aliphatic rings. The summed E-state index contributed by atoms with van der Waals surface area (Å²) in [6.45, 7) is 3.37. The summed E-state index contributed by atoms with van der Waals surface area (Å²) >= 11 is 3.18. The van der Waals surface area contributed by atoms with Crippen molar-refractivity contribution in [3.63, 3.8) is 0 Å². The maximum Gasteiger partial charge on any atom is 0.167 e. The van der Waals surface area contributed by atoms with Gasteiger partial charge in [0.05, 0.1) is 11.6 Å². The van der Waals surface area contributed by atoms with Crippen LogP contribution in [0.4, 0.5) is 0 Å². The summed E-state index contributed by atoms with van der Waals surface area (Å²) in [5.74, 6) is 0.482. The van der Waals surface area contributed by atoms with Gasteiger partial charge in [-0.3, -0.25) is 0 Å². The van der Waals surface area contributed by atoms with Gasteiger partial charge in [-0.15, -0.1) is 0 Å². The molecule has 0 bridgehead atoms. The first-order valence-electron chi connectivity index (χ1n) is 3.75. The molecule has 0 radical (unpaired) electrons. The standard InChI is InChI=1S/C9H11BrO3/c1-4-6(10)7(11)5(2)9(13-3)8(4)12/h11-12H,1-3H3. The van der Waals surface area contributed by atoms with Gasteiger partial charge < -0.3 is 14.9 Å². The minimum atomic E-state index is 0.0599. The van der Waals surface area contributed by atoms with E-state index >= 15 is 0 Å². The predicted molar refractivity (Wildman–Crippen MR) is 53.5 cm³/mol. The smallest absolute Gasteiger partial charge is 0.167 e. The quantitative estimate of drug-likeness (QED) is 0.749. The van der Waals surface area contributed by atoms with Crippen molar-refractivity contribution < 1.29 is 14.9 Å². The van der Waals surface area contributed by atoms with E-state index in [1.165, 1.54) is 7.11 Å². The number of ether oxygens (including phenoxy) is 1. The molecule has 0 saturated carbocycles. The van der Waals surface area contributed by atoms with E-state index in [1.54, 1.807) is 13.8 Å². The van der Waals surface area contributed by atoms with Crippen molar-refractivity contribution >= 4 is 15.9 Å². The second-order valence-electron chi connectivity index (χ2n) is 2.79. The molecular weight excluding hydrogens is 236 g/mol. The molecule has 0 aromatic heterocycles. The van der Waals surface area contributed by atoms with Crippen LogP contribution in [0, 0.1) is 13.8 Å². The highest BCUT2D eigenvalue weighted by Crippen LogP contribution is 2.44. The molecule has 72 valence electrons. The second kappa shape index (κ2) is 3.46. The van der Waals surface area contributed by atoms with Gasteiger partial charge in [-0.2, -0.15) is 0 Å². The van der Waals surface area contributed by atoms with Crippen LogP contribution in [0.1, 0.15) is 11.1 Å². The first-order valence-corrected chi connectivity index (χ1v) is 4.54. The first-order chi connectivity index (χ1) is 6.00. The molecule has 13 heavy (non-hydrogen) atoms. The summed E-state index contributed by atoms with van der Waals surface area (Å²) in [5, 5.41) is 19.2. The van der Waals surface area contributed by atoms with E-state index in [0.717, 1.165) is 0 Å². The Morgan fingerprint density at radius 1 is 1.08 bits per heavy atom. The van der Waals surface area contributed by atoms with E-state index in [0.29, 0.717) is 21.3 Å². The molecular formula is C9H11BrO3. The highest BCUT2D eigenvalue weighted by atomic mass is 79.9. The fourth-order valence-corrected chi connectivity index (χ4v) is 1.64. The number of phenolic OH excluding ortho intramolecular Hbond substituents is 2.